The third-order valence-electron chi connectivity index (χ3n) is 0.767. The molecule has 0 rings (SSSR count). The van der Waals surface area contributed by atoms with Crippen LogP contribution in [-0.2, 0) is 9.47 Å². The molecule has 64 valence electrons. The highest BCUT2D eigenvalue weighted by molar-refractivity contribution is 5.62. The van der Waals surface area contributed by atoms with Gasteiger partial charge in [0.15, 0.2) is 0 Å². The quantitative estimate of drug-likeness (QED) is 0.407. The van der Waals surface area contributed by atoms with E-state index in [0.717, 1.165) is 0 Å². The van der Waals surface area contributed by atoms with E-state index in [1.165, 1.54) is 0 Å². The van der Waals surface area contributed by atoms with E-state index < -0.39 is 6.16 Å². The van der Waals surface area contributed by atoms with Crippen molar-refractivity contribution in [1.82, 2.24) is 0 Å². The van der Waals surface area contributed by atoms with Crippen LogP contribution in [-0.4, -0.2) is 6.16 Å². The van der Waals surface area contributed by atoms with E-state index in [1.807, 2.05) is 13.8 Å². The molecule has 0 radical (unpaired) electrons. The molecular weight excluding hydrogens is 156 g/mol. The molecule has 0 aromatic carbocycles. The van der Waals surface area contributed by atoms with Crippen LogP contribution >= 0.6 is 0 Å². The normalized spacial score (nSPS) is 6.83. The van der Waals surface area contributed by atoms with Crippen molar-refractivity contribution >= 4 is 6.16 Å². The first-order valence-corrected chi connectivity index (χ1v) is 3.64. The largest absolute Gasteiger partial charge is 0.537 e. The highest BCUT2D eigenvalue weighted by atomic mass is 16.7. The first kappa shape index (κ1) is 10.4. The average Bonchev–Trinajstić information content (AvgIpc) is 2.06. The first-order valence-electron chi connectivity index (χ1n) is 3.64. The summed E-state index contributed by atoms with van der Waals surface area (Å²) in [5.41, 5.74) is 0. The van der Waals surface area contributed by atoms with Gasteiger partial charge in [-0.1, -0.05) is 25.7 Å². The van der Waals surface area contributed by atoms with Crippen LogP contribution in [0.1, 0.15) is 26.7 Å². The van der Waals surface area contributed by atoms with E-state index in [9.17, 15) is 4.79 Å². The number of carbonyl (C=O) groups excluding carboxylic acids is 1. The molecule has 0 amide bonds. The molecule has 0 heterocycles. The van der Waals surface area contributed by atoms with Gasteiger partial charge in [-0.2, -0.15) is 0 Å². The summed E-state index contributed by atoms with van der Waals surface area (Å²) in [5, 5.41) is 0. The second-order valence-corrected chi connectivity index (χ2v) is 1.72. The van der Waals surface area contributed by atoms with Crippen molar-refractivity contribution in [3.8, 4) is 24.1 Å². The van der Waals surface area contributed by atoms with Crippen LogP contribution in [0.25, 0.3) is 0 Å². The van der Waals surface area contributed by atoms with E-state index in [-0.39, 0.29) is 0 Å². The summed E-state index contributed by atoms with van der Waals surface area (Å²) in [7, 11) is 0. The molecule has 3 nitrogen and oxygen atoms in total. The molecule has 0 saturated heterocycles. The fraction of sp³-hybridized carbons (Fsp3) is 0.444. The Morgan fingerprint density at radius 3 is 1.83 bits per heavy atom. The summed E-state index contributed by atoms with van der Waals surface area (Å²) in [6.07, 6.45) is 4.73. The van der Waals surface area contributed by atoms with Gasteiger partial charge in [0.2, 0.25) is 0 Å². The van der Waals surface area contributed by atoms with Gasteiger partial charge in [-0.05, 0) is 0 Å². The van der Waals surface area contributed by atoms with Crippen LogP contribution in [0.5, 0.6) is 0 Å². The summed E-state index contributed by atoms with van der Waals surface area (Å²) in [4.78, 5) is 10.5. The van der Waals surface area contributed by atoms with Gasteiger partial charge in [0.25, 0.3) is 0 Å². The predicted molar refractivity (Wildman–Crippen MR) is 43.7 cm³/mol. The molecule has 0 N–H and O–H groups in total. The van der Waals surface area contributed by atoms with Gasteiger partial charge in [0.1, 0.15) is 12.2 Å². The Kier molecular flexibility index (Phi) is 6.49. The zero-order chi connectivity index (χ0) is 9.23. The second-order valence-electron chi connectivity index (χ2n) is 1.72. The van der Waals surface area contributed by atoms with E-state index in [0.29, 0.717) is 12.8 Å². The van der Waals surface area contributed by atoms with Crippen LogP contribution in [0.3, 0.4) is 0 Å². The Bertz CT molecular complexity index is 220. The summed E-state index contributed by atoms with van der Waals surface area (Å²) < 4.78 is 8.61. The number of carbonyl (C=O) groups is 1. The minimum Gasteiger partial charge on any atom is -0.340 e. The van der Waals surface area contributed by atoms with Crippen LogP contribution < -0.4 is 0 Å². The third-order valence-corrected chi connectivity index (χ3v) is 0.767. The van der Waals surface area contributed by atoms with Gasteiger partial charge in [0, 0.05) is 12.8 Å². The molecule has 0 aromatic rings. The van der Waals surface area contributed by atoms with Crippen LogP contribution in [0.4, 0.5) is 4.79 Å². The lowest BCUT2D eigenvalue weighted by molar-refractivity contribution is 0.132. The summed E-state index contributed by atoms with van der Waals surface area (Å²) in [6, 6.07) is 0. The van der Waals surface area contributed by atoms with Gasteiger partial charge < -0.3 is 9.47 Å². The van der Waals surface area contributed by atoms with Crippen molar-refractivity contribution in [3.05, 3.63) is 0 Å². The second kappa shape index (κ2) is 7.50. The molecule has 0 aliphatic rings. The maximum absolute atomic E-state index is 10.5. The molecule has 12 heavy (non-hydrogen) atoms. The van der Waals surface area contributed by atoms with Crippen LogP contribution in [0, 0.1) is 24.1 Å². The summed E-state index contributed by atoms with van der Waals surface area (Å²) in [5.74, 6) is 5.10. The van der Waals surface area contributed by atoms with Gasteiger partial charge in [-0.3, -0.25) is 0 Å². The molecule has 0 atom stereocenters. The Labute approximate surface area is 72.0 Å². The highest BCUT2D eigenvalue weighted by Gasteiger charge is 1.97. The fourth-order valence-corrected chi connectivity index (χ4v) is 0.321. The molecule has 0 saturated carbocycles. The summed E-state index contributed by atoms with van der Waals surface area (Å²) >= 11 is 0. The van der Waals surface area contributed by atoms with Crippen LogP contribution in [0.2, 0.25) is 0 Å². The minimum absolute atomic E-state index is 0.633. The van der Waals surface area contributed by atoms with Crippen molar-refractivity contribution in [1.29, 1.82) is 0 Å². The molecule has 0 fully saturated rings. The standard InChI is InChI=1S/C9H10O3/c1-3-5-7-11-9(10)12-8-6-4-2/h3-4H2,1-2H3. The van der Waals surface area contributed by atoms with E-state index in [2.05, 4.69) is 33.5 Å². The first-order chi connectivity index (χ1) is 5.81. The van der Waals surface area contributed by atoms with E-state index >= 15 is 0 Å². The maximum atomic E-state index is 10.5. The van der Waals surface area contributed by atoms with Gasteiger partial charge in [0.05, 0.1) is 0 Å². The number of ether oxygens (including phenoxy) is 2. The molecule has 0 unspecified atom stereocenters. The number of hydrogen-bond acceptors (Lipinski definition) is 3. The van der Waals surface area contributed by atoms with Crippen molar-refractivity contribution in [2.75, 3.05) is 0 Å². The zero-order valence-electron chi connectivity index (χ0n) is 7.14. The van der Waals surface area contributed by atoms with E-state index in [4.69, 9.17) is 0 Å². The third kappa shape index (κ3) is 6.51. The molecule has 0 spiro atoms. The maximum Gasteiger partial charge on any atom is 0.537 e. The summed E-state index contributed by atoms with van der Waals surface area (Å²) in [6.45, 7) is 3.69. The van der Waals surface area contributed by atoms with Gasteiger partial charge in [-0.25, -0.2) is 4.79 Å². The number of hydrogen-bond donors (Lipinski definition) is 0. The molecular formula is C9H10O3. The molecule has 3 heteroatoms. The lowest BCUT2D eigenvalue weighted by Crippen LogP contribution is -1.98. The minimum atomic E-state index is -0.878. The molecule has 0 aliphatic carbocycles. The SMILES string of the molecule is CCC#COC(=O)OC#CCC. The van der Waals surface area contributed by atoms with Crippen molar-refractivity contribution in [2.45, 2.75) is 26.7 Å². The Morgan fingerprint density at radius 1 is 1.08 bits per heavy atom. The Hall–Kier alpha value is -1.61. The number of rotatable bonds is 0. The molecule has 0 aliphatic heterocycles. The van der Waals surface area contributed by atoms with Crippen molar-refractivity contribution in [2.24, 2.45) is 0 Å². The topological polar surface area (TPSA) is 35.5 Å². The monoisotopic (exact) mass is 166 g/mol. The smallest absolute Gasteiger partial charge is 0.340 e. The Balaban J connectivity index is 3.60. The zero-order valence-corrected chi connectivity index (χ0v) is 7.14. The lowest BCUT2D eigenvalue weighted by atomic mass is 10.5. The van der Waals surface area contributed by atoms with Crippen LogP contribution in [0.15, 0.2) is 0 Å². The lowest BCUT2D eigenvalue weighted by Gasteiger charge is -1.88. The highest BCUT2D eigenvalue weighted by Crippen LogP contribution is 1.81. The van der Waals surface area contributed by atoms with Gasteiger partial charge >= 0.3 is 6.16 Å². The molecule has 0 bridgehead atoms. The average molecular weight is 166 g/mol. The van der Waals surface area contributed by atoms with Crippen molar-refractivity contribution < 1.29 is 14.3 Å². The fourth-order valence-electron chi connectivity index (χ4n) is 0.321. The van der Waals surface area contributed by atoms with Gasteiger partial charge in [-0.15, -0.1) is 0 Å². The molecule has 0 aromatic heterocycles. The van der Waals surface area contributed by atoms with Crippen molar-refractivity contribution in [3.63, 3.8) is 0 Å². The Morgan fingerprint density at radius 2 is 1.50 bits per heavy atom. The predicted octanol–water partition coefficient (Wildman–Crippen LogP) is 1.88. The van der Waals surface area contributed by atoms with E-state index in [1.54, 1.807) is 0 Å².